The van der Waals surface area contributed by atoms with E-state index in [9.17, 15) is 9.59 Å². The maximum Gasteiger partial charge on any atom is 0.251 e. The molecule has 2 N–H and O–H groups in total. The Morgan fingerprint density at radius 3 is 2.67 bits per heavy atom. The first-order valence-corrected chi connectivity index (χ1v) is 12.6. The van der Waals surface area contributed by atoms with Crippen LogP contribution < -0.4 is 10.6 Å². The van der Waals surface area contributed by atoms with Crippen molar-refractivity contribution in [2.45, 2.75) is 50.9 Å². The lowest BCUT2D eigenvalue weighted by Crippen LogP contribution is -2.48. The van der Waals surface area contributed by atoms with Crippen LogP contribution in [0.1, 0.15) is 65.1 Å². The van der Waals surface area contributed by atoms with Crippen molar-refractivity contribution >= 4 is 11.8 Å². The van der Waals surface area contributed by atoms with Crippen molar-refractivity contribution in [3.63, 3.8) is 0 Å². The monoisotopic (exact) mass is 445 g/mol. The second-order valence-electron chi connectivity index (χ2n) is 10.1. The van der Waals surface area contributed by atoms with E-state index in [0.29, 0.717) is 12.5 Å². The van der Waals surface area contributed by atoms with Crippen LogP contribution in [-0.4, -0.2) is 49.4 Å². The number of likely N-dealkylation sites (tertiary alicyclic amines) is 1. The predicted molar refractivity (Wildman–Crippen MR) is 130 cm³/mol. The van der Waals surface area contributed by atoms with Crippen LogP contribution in [0.15, 0.2) is 48.5 Å². The number of hydrogen-bond acceptors (Lipinski definition) is 3. The zero-order chi connectivity index (χ0) is 22.7. The van der Waals surface area contributed by atoms with Crippen LogP contribution in [0.5, 0.6) is 0 Å². The number of nitrogens with one attached hydrogen (secondary N) is 2. The summed E-state index contributed by atoms with van der Waals surface area (Å²) < 4.78 is 0. The fraction of sp³-hybridized carbons (Fsp3) is 0.500. The maximum atomic E-state index is 12.8. The van der Waals surface area contributed by atoms with Gasteiger partial charge in [0.2, 0.25) is 5.91 Å². The largest absolute Gasteiger partial charge is 0.356 e. The average molecular weight is 446 g/mol. The number of amides is 2. The molecule has 5 nitrogen and oxygen atoms in total. The molecule has 3 aliphatic rings. The van der Waals surface area contributed by atoms with Gasteiger partial charge in [-0.15, -0.1) is 0 Å². The van der Waals surface area contributed by atoms with Crippen LogP contribution in [0.4, 0.5) is 0 Å². The van der Waals surface area contributed by atoms with Gasteiger partial charge in [0.25, 0.3) is 5.91 Å². The van der Waals surface area contributed by atoms with E-state index in [4.69, 9.17) is 0 Å². The Labute approximate surface area is 196 Å². The van der Waals surface area contributed by atoms with Gasteiger partial charge in [-0.3, -0.25) is 9.59 Å². The quantitative estimate of drug-likeness (QED) is 0.738. The number of carbonyl (C=O) groups excluding carboxylic acids is 2. The Morgan fingerprint density at radius 2 is 1.88 bits per heavy atom. The second kappa shape index (κ2) is 9.68. The SMILES string of the molecule is O=C(NCCN1CCC(c2ccccc2)CC1)c1ccc2c(c1)CCC1(CCCNC1=O)C2. The molecular formula is C28H35N3O2. The number of aryl methyl sites for hydroxylation is 1. The molecule has 2 fully saturated rings. The third kappa shape index (κ3) is 4.84. The Kier molecular flexibility index (Phi) is 6.50. The minimum atomic E-state index is -0.233. The van der Waals surface area contributed by atoms with Gasteiger partial charge in [-0.25, -0.2) is 0 Å². The lowest BCUT2D eigenvalue weighted by atomic mass is 9.67. The number of nitrogens with zero attached hydrogens (tertiary/aromatic N) is 1. The standard InChI is InChI=1S/C28H35N3O2/c32-26(29-15-18-31-16-10-22(11-17-31)21-5-2-1-3-6-21)24-7-8-25-20-28(13-9-23(25)19-24)12-4-14-30-27(28)33/h1-3,5-8,19,22H,4,9-18,20H2,(H,29,32)(H,30,33). The normalized spacial score (nSPS) is 23.7. The Hall–Kier alpha value is -2.66. The summed E-state index contributed by atoms with van der Waals surface area (Å²) in [6.07, 6.45) is 6.96. The predicted octanol–water partition coefficient (Wildman–Crippen LogP) is 3.68. The van der Waals surface area contributed by atoms with Crippen LogP contribution >= 0.6 is 0 Å². The highest BCUT2D eigenvalue weighted by Crippen LogP contribution is 2.41. The van der Waals surface area contributed by atoms with Crippen molar-refractivity contribution in [1.29, 1.82) is 0 Å². The zero-order valence-electron chi connectivity index (χ0n) is 19.4. The smallest absolute Gasteiger partial charge is 0.251 e. The number of hydrogen-bond donors (Lipinski definition) is 2. The summed E-state index contributed by atoms with van der Waals surface area (Å²) in [5.41, 5.74) is 4.42. The average Bonchev–Trinajstić information content (AvgIpc) is 2.86. The summed E-state index contributed by atoms with van der Waals surface area (Å²) in [4.78, 5) is 27.7. The Balaban J connectivity index is 1.10. The summed E-state index contributed by atoms with van der Waals surface area (Å²) in [7, 11) is 0. The van der Waals surface area contributed by atoms with E-state index >= 15 is 0 Å². The molecule has 1 unspecified atom stereocenters. The number of carbonyl (C=O) groups is 2. The summed E-state index contributed by atoms with van der Waals surface area (Å²) >= 11 is 0. The molecule has 5 rings (SSSR count). The number of benzene rings is 2. The molecule has 2 aliphatic heterocycles. The summed E-state index contributed by atoms with van der Waals surface area (Å²) in [6, 6.07) is 16.9. The summed E-state index contributed by atoms with van der Waals surface area (Å²) in [5, 5.41) is 6.17. The Bertz CT molecular complexity index is 997. The molecule has 33 heavy (non-hydrogen) atoms. The minimum Gasteiger partial charge on any atom is -0.356 e. The zero-order valence-corrected chi connectivity index (χ0v) is 19.4. The van der Waals surface area contributed by atoms with Gasteiger partial charge >= 0.3 is 0 Å². The van der Waals surface area contributed by atoms with Gasteiger partial charge in [-0.05, 0) is 92.8 Å². The lowest BCUT2D eigenvalue weighted by Gasteiger charge is -2.39. The van der Waals surface area contributed by atoms with E-state index in [-0.39, 0.29) is 17.2 Å². The number of rotatable bonds is 5. The van der Waals surface area contributed by atoms with Crippen molar-refractivity contribution in [2.24, 2.45) is 5.41 Å². The highest BCUT2D eigenvalue weighted by Gasteiger charge is 2.42. The first-order valence-electron chi connectivity index (χ1n) is 12.6. The van der Waals surface area contributed by atoms with E-state index in [2.05, 4.69) is 51.9 Å². The second-order valence-corrected chi connectivity index (χ2v) is 10.1. The molecule has 0 bridgehead atoms. The molecule has 1 spiro atoms. The third-order valence-electron chi connectivity index (χ3n) is 8.04. The molecule has 1 atom stereocenters. The van der Waals surface area contributed by atoms with Crippen molar-refractivity contribution in [3.05, 3.63) is 70.8 Å². The van der Waals surface area contributed by atoms with Gasteiger partial charge in [0, 0.05) is 25.2 Å². The molecule has 2 amide bonds. The molecule has 0 aromatic heterocycles. The fourth-order valence-corrected chi connectivity index (χ4v) is 5.98. The van der Waals surface area contributed by atoms with E-state index < -0.39 is 0 Å². The van der Waals surface area contributed by atoms with Crippen molar-refractivity contribution in [3.8, 4) is 0 Å². The first-order chi connectivity index (χ1) is 16.1. The molecule has 2 aromatic rings. The highest BCUT2D eigenvalue weighted by molar-refractivity contribution is 5.94. The van der Waals surface area contributed by atoms with Crippen LogP contribution in [-0.2, 0) is 17.6 Å². The van der Waals surface area contributed by atoms with Gasteiger partial charge in [-0.2, -0.15) is 0 Å². The molecule has 5 heteroatoms. The highest BCUT2D eigenvalue weighted by atomic mass is 16.2. The van der Waals surface area contributed by atoms with Crippen LogP contribution in [0.3, 0.4) is 0 Å². The summed E-state index contributed by atoms with van der Waals surface area (Å²) in [5.74, 6) is 0.882. The number of fused-ring (bicyclic) bond motifs is 1. The van der Waals surface area contributed by atoms with E-state index in [1.807, 2.05) is 12.1 Å². The van der Waals surface area contributed by atoms with Crippen LogP contribution in [0.25, 0.3) is 0 Å². The van der Waals surface area contributed by atoms with Crippen molar-refractivity contribution in [1.82, 2.24) is 15.5 Å². The molecule has 174 valence electrons. The maximum absolute atomic E-state index is 12.8. The van der Waals surface area contributed by atoms with E-state index in [1.165, 1.54) is 29.5 Å². The van der Waals surface area contributed by atoms with Crippen molar-refractivity contribution in [2.75, 3.05) is 32.7 Å². The minimum absolute atomic E-state index is 0.00710. The van der Waals surface area contributed by atoms with Gasteiger partial charge < -0.3 is 15.5 Å². The van der Waals surface area contributed by atoms with E-state index in [1.54, 1.807) is 0 Å². The first kappa shape index (κ1) is 22.1. The van der Waals surface area contributed by atoms with Crippen LogP contribution in [0.2, 0.25) is 0 Å². The Morgan fingerprint density at radius 1 is 1.06 bits per heavy atom. The fourth-order valence-electron chi connectivity index (χ4n) is 5.98. The van der Waals surface area contributed by atoms with Gasteiger partial charge in [0.05, 0.1) is 5.41 Å². The topological polar surface area (TPSA) is 61.4 Å². The van der Waals surface area contributed by atoms with E-state index in [0.717, 1.165) is 63.8 Å². The lowest BCUT2D eigenvalue weighted by molar-refractivity contribution is -0.134. The third-order valence-corrected chi connectivity index (χ3v) is 8.04. The number of piperidine rings is 2. The van der Waals surface area contributed by atoms with Crippen molar-refractivity contribution < 1.29 is 9.59 Å². The van der Waals surface area contributed by atoms with Gasteiger partial charge in [0.15, 0.2) is 0 Å². The molecule has 0 saturated carbocycles. The molecular weight excluding hydrogens is 410 g/mol. The molecule has 2 aromatic carbocycles. The van der Waals surface area contributed by atoms with Gasteiger partial charge in [-0.1, -0.05) is 36.4 Å². The molecule has 2 heterocycles. The summed E-state index contributed by atoms with van der Waals surface area (Å²) in [6.45, 7) is 4.55. The molecule has 1 aliphatic carbocycles. The molecule has 2 saturated heterocycles. The molecule has 0 radical (unpaired) electrons. The van der Waals surface area contributed by atoms with Crippen LogP contribution in [0, 0.1) is 5.41 Å². The van der Waals surface area contributed by atoms with Gasteiger partial charge in [0.1, 0.15) is 0 Å².